The van der Waals surface area contributed by atoms with Crippen molar-refractivity contribution in [1.82, 2.24) is 15.4 Å². The number of nitrogens with one attached hydrogen (secondary N) is 1. The molecule has 3 rings (SSSR count). The Kier molecular flexibility index (Phi) is 7.49. The van der Waals surface area contributed by atoms with Gasteiger partial charge >= 0.3 is 0 Å². The number of rotatable bonds is 8. The summed E-state index contributed by atoms with van der Waals surface area (Å²) in [7, 11) is 1.59. The third-order valence-electron chi connectivity index (χ3n) is 5.38. The average molecular weight is 414 g/mol. The second kappa shape index (κ2) is 10.3. The van der Waals surface area contributed by atoms with Crippen LogP contribution in [0.3, 0.4) is 0 Å². The van der Waals surface area contributed by atoms with Crippen molar-refractivity contribution in [2.45, 2.75) is 58.5 Å². The highest BCUT2D eigenvalue weighted by Crippen LogP contribution is 2.26. The molecule has 1 saturated carbocycles. The Morgan fingerprint density at radius 1 is 1.23 bits per heavy atom. The molecule has 0 radical (unpaired) electrons. The lowest BCUT2D eigenvalue weighted by Crippen LogP contribution is -2.40. The summed E-state index contributed by atoms with van der Waals surface area (Å²) in [6, 6.07) is 8.96. The third kappa shape index (κ3) is 5.62. The van der Waals surface area contributed by atoms with Crippen LogP contribution < -0.4 is 10.1 Å². The molecule has 0 bridgehead atoms. The molecule has 2 amide bonds. The largest absolute Gasteiger partial charge is 0.497 e. The number of nitrogens with zero attached hydrogens (tertiary/aromatic N) is 2. The van der Waals surface area contributed by atoms with E-state index in [4.69, 9.17) is 9.26 Å². The molecule has 7 heteroatoms. The van der Waals surface area contributed by atoms with Crippen LogP contribution in [0.2, 0.25) is 0 Å². The molecule has 30 heavy (non-hydrogen) atoms. The Labute approximate surface area is 177 Å². The van der Waals surface area contributed by atoms with Gasteiger partial charge in [0.15, 0.2) is 11.5 Å². The first-order valence-corrected chi connectivity index (χ1v) is 10.7. The van der Waals surface area contributed by atoms with Crippen molar-refractivity contribution in [2.75, 3.05) is 13.7 Å². The minimum Gasteiger partial charge on any atom is -0.497 e. The fraction of sp³-hybridized carbons (Fsp3) is 0.522. The Balaban J connectivity index is 1.78. The van der Waals surface area contributed by atoms with E-state index >= 15 is 0 Å². The molecule has 1 heterocycles. The summed E-state index contributed by atoms with van der Waals surface area (Å²) in [4.78, 5) is 27.5. The van der Waals surface area contributed by atoms with Gasteiger partial charge in [-0.15, -0.1) is 0 Å². The zero-order valence-electron chi connectivity index (χ0n) is 18.0. The minimum absolute atomic E-state index is 0.0667. The molecule has 0 spiro atoms. The van der Waals surface area contributed by atoms with Gasteiger partial charge in [-0.1, -0.05) is 44.3 Å². The Morgan fingerprint density at radius 3 is 2.70 bits per heavy atom. The van der Waals surface area contributed by atoms with E-state index in [0.717, 1.165) is 25.7 Å². The van der Waals surface area contributed by atoms with Crippen LogP contribution in [0.25, 0.3) is 0 Å². The van der Waals surface area contributed by atoms with Crippen LogP contribution in [-0.4, -0.2) is 41.6 Å². The van der Waals surface area contributed by atoms with Crippen LogP contribution >= 0.6 is 0 Å². The molecular formula is C23H31N3O4. The van der Waals surface area contributed by atoms with Crippen LogP contribution in [0, 0.1) is 5.92 Å². The van der Waals surface area contributed by atoms with Gasteiger partial charge in [-0.3, -0.25) is 9.59 Å². The number of aromatic nitrogens is 1. The fourth-order valence-electron chi connectivity index (χ4n) is 3.73. The number of hydrogen-bond donors (Lipinski definition) is 1. The standard InChI is InChI=1S/C23H31N3O4/c1-16(2)14-24-22(27)21-13-20(30-25-21)15-26(18-9-5-4-6-10-18)23(28)17-8-7-11-19(12-17)29-3/h7-8,11-13,16,18H,4-6,9-10,14-15H2,1-3H3,(H,24,27). The monoisotopic (exact) mass is 413 g/mol. The van der Waals surface area contributed by atoms with Crippen LogP contribution in [0.1, 0.15) is 72.6 Å². The van der Waals surface area contributed by atoms with Crippen molar-refractivity contribution in [3.8, 4) is 5.75 Å². The van der Waals surface area contributed by atoms with Crippen molar-refractivity contribution in [3.05, 3.63) is 47.3 Å². The molecule has 0 atom stereocenters. The second-order valence-corrected chi connectivity index (χ2v) is 8.24. The molecule has 0 aliphatic heterocycles. The number of carbonyl (C=O) groups is 2. The molecule has 1 aliphatic rings. The van der Waals surface area contributed by atoms with Gasteiger partial charge < -0.3 is 19.5 Å². The number of carbonyl (C=O) groups excluding carboxylic acids is 2. The Bertz CT molecular complexity index is 856. The lowest BCUT2D eigenvalue weighted by molar-refractivity contribution is 0.0590. The predicted molar refractivity (Wildman–Crippen MR) is 113 cm³/mol. The van der Waals surface area contributed by atoms with Gasteiger partial charge in [0, 0.05) is 24.2 Å². The van der Waals surface area contributed by atoms with E-state index in [-0.39, 0.29) is 30.1 Å². The summed E-state index contributed by atoms with van der Waals surface area (Å²) >= 11 is 0. The summed E-state index contributed by atoms with van der Waals surface area (Å²) in [6.07, 6.45) is 5.33. The number of amides is 2. The van der Waals surface area contributed by atoms with E-state index in [1.54, 1.807) is 25.3 Å². The first-order chi connectivity index (χ1) is 14.5. The zero-order valence-corrected chi connectivity index (χ0v) is 18.0. The predicted octanol–water partition coefficient (Wildman–Crippen LogP) is 4.04. The fourth-order valence-corrected chi connectivity index (χ4v) is 3.73. The molecule has 1 N–H and O–H groups in total. The molecule has 1 aliphatic carbocycles. The molecule has 0 unspecified atom stereocenters. The van der Waals surface area contributed by atoms with Crippen molar-refractivity contribution in [1.29, 1.82) is 0 Å². The number of benzene rings is 1. The van der Waals surface area contributed by atoms with Gasteiger partial charge in [-0.05, 0) is 37.0 Å². The summed E-state index contributed by atoms with van der Waals surface area (Å²) in [5, 5.41) is 6.74. The molecule has 1 aromatic heterocycles. The maximum atomic E-state index is 13.4. The van der Waals surface area contributed by atoms with E-state index in [2.05, 4.69) is 10.5 Å². The normalized spacial score (nSPS) is 14.5. The van der Waals surface area contributed by atoms with E-state index in [1.165, 1.54) is 6.42 Å². The van der Waals surface area contributed by atoms with Crippen molar-refractivity contribution < 1.29 is 18.8 Å². The highest BCUT2D eigenvalue weighted by atomic mass is 16.5. The molecule has 1 fully saturated rings. The minimum atomic E-state index is -0.262. The van der Waals surface area contributed by atoms with E-state index in [9.17, 15) is 9.59 Å². The molecule has 7 nitrogen and oxygen atoms in total. The molecule has 0 saturated heterocycles. The highest BCUT2D eigenvalue weighted by molar-refractivity contribution is 5.95. The second-order valence-electron chi connectivity index (χ2n) is 8.24. The Hall–Kier alpha value is -2.83. The van der Waals surface area contributed by atoms with Crippen molar-refractivity contribution in [3.63, 3.8) is 0 Å². The molecule has 1 aromatic carbocycles. The zero-order chi connectivity index (χ0) is 21.5. The number of ether oxygens (including phenoxy) is 1. The first-order valence-electron chi connectivity index (χ1n) is 10.7. The summed E-state index contributed by atoms with van der Waals surface area (Å²) < 4.78 is 10.7. The van der Waals surface area contributed by atoms with Gasteiger partial charge in [-0.25, -0.2) is 0 Å². The van der Waals surface area contributed by atoms with E-state index in [0.29, 0.717) is 29.5 Å². The smallest absolute Gasteiger partial charge is 0.273 e. The van der Waals surface area contributed by atoms with Crippen molar-refractivity contribution in [2.24, 2.45) is 5.92 Å². The third-order valence-corrected chi connectivity index (χ3v) is 5.38. The molecular weight excluding hydrogens is 382 g/mol. The van der Waals surface area contributed by atoms with Crippen LogP contribution in [0.15, 0.2) is 34.9 Å². The van der Waals surface area contributed by atoms with Gasteiger partial charge in [0.25, 0.3) is 11.8 Å². The van der Waals surface area contributed by atoms with Gasteiger partial charge in [0.2, 0.25) is 0 Å². The van der Waals surface area contributed by atoms with Gasteiger partial charge in [0.1, 0.15) is 5.75 Å². The summed E-state index contributed by atoms with van der Waals surface area (Å²) in [5.41, 5.74) is 0.817. The number of hydrogen-bond acceptors (Lipinski definition) is 5. The maximum Gasteiger partial charge on any atom is 0.273 e. The van der Waals surface area contributed by atoms with Gasteiger partial charge in [-0.2, -0.15) is 0 Å². The lowest BCUT2D eigenvalue weighted by atomic mass is 9.93. The molecule has 2 aromatic rings. The van der Waals surface area contributed by atoms with Crippen molar-refractivity contribution >= 4 is 11.8 Å². The van der Waals surface area contributed by atoms with E-state index < -0.39 is 0 Å². The topological polar surface area (TPSA) is 84.7 Å². The van der Waals surface area contributed by atoms with Crippen LogP contribution in [0.4, 0.5) is 0 Å². The first kappa shape index (κ1) is 21.9. The van der Waals surface area contributed by atoms with Crippen LogP contribution in [0.5, 0.6) is 5.75 Å². The van der Waals surface area contributed by atoms with Crippen LogP contribution in [-0.2, 0) is 6.54 Å². The van der Waals surface area contributed by atoms with E-state index in [1.807, 2.05) is 30.9 Å². The highest BCUT2D eigenvalue weighted by Gasteiger charge is 2.28. The maximum absolute atomic E-state index is 13.4. The molecule has 162 valence electrons. The number of methoxy groups -OCH3 is 1. The quantitative estimate of drug-likeness (QED) is 0.706. The summed E-state index contributed by atoms with van der Waals surface area (Å²) in [5.74, 6) is 1.17. The SMILES string of the molecule is COc1cccc(C(=O)N(Cc2cc(C(=O)NCC(C)C)no2)C2CCCCC2)c1. The average Bonchev–Trinajstić information content (AvgIpc) is 3.25. The van der Waals surface area contributed by atoms with Gasteiger partial charge in [0.05, 0.1) is 13.7 Å². The Morgan fingerprint density at radius 2 is 2.00 bits per heavy atom. The lowest BCUT2D eigenvalue weighted by Gasteiger charge is -2.33. The summed E-state index contributed by atoms with van der Waals surface area (Å²) in [6.45, 7) is 4.91.